The predicted octanol–water partition coefficient (Wildman–Crippen LogP) is 5.43. The number of imidazole rings is 1. The highest BCUT2D eigenvalue weighted by Crippen LogP contribution is 2.38. The van der Waals surface area contributed by atoms with Crippen LogP contribution in [-0.2, 0) is 25.0 Å². The average molecular weight is 954 g/mol. The summed E-state index contributed by atoms with van der Waals surface area (Å²) in [6.45, 7) is -0.208. The largest absolute Gasteiger partial charge is 0.508 e. The number of carboxylic acids is 2. The highest BCUT2D eigenvalue weighted by atomic mass is 32.2. The number of hydrogen-bond donors (Lipinski definition) is 10. The third-order valence-electron chi connectivity index (χ3n) is 9.13. The van der Waals surface area contributed by atoms with E-state index in [1.807, 2.05) is 0 Å². The molecule has 6 aromatic rings. The number of aromatic nitrogens is 4. The first-order valence-corrected chi connectivity index (χ1v) is 21.1. The van der Waals surface area contributed by atoms with Gasteiger partial charge < -0.3 is 46.2 Å². The van der Waals surface area contributed by atoms with Crippen molar-refractivity contribution >= 4 is 84.1 Å². The lowest BCUT2D eigenvalue weighted by Gasteiger charge is -2.15. The van der Waals surface area contributed by atoms with Gasteiger partial charge >= 0.3 is 11.9 Å². The van der Waals surface area contributed by atoms with Gasteiger partial charge in [-0.25, -0.2) is 28.9 Å². The maximum Gasteiger partial charge on any atom is 0.338 e. The molecule has 1 fully saturated rings. The lowest BCUT2D eigenvalue weighted by atomic mass is 10.1. The van der Waals surface area contributed by atoms with Crippen LogP contribution in [0, 0.1) is 0 Å². The zero-order chi connectivity index (χ0) is 48.2. The third kappa shape index (κ3) is 10.7. The van der Waals surface area contributed by atoms with Crippen LogP contribution in [0.25, 0.3) is 23.3 Å². The molecule has 0 radical (unpaired) electrons. The Hall–Kier alpha value is -8.02. The molecule has 0 amide bonds. The second-order valence-corrected chi connectivity index (χ2v) is 16.4. The monoisotopic (exact) mass is 953 g/mol. The van der Waals surface area contributed by atoms with Gasteiger partial charge in [0.25, 0.3) is 20.2 Å². The van der Waals surface area contributed by atoms with Crippen LogP contribution in [-0.4, -0.2) is 112 Å². The number of aromatic hydroxyl groups is 4. The summed E-state index contributed by atoms with van der Waals surface area (Å²) in [5.41, 5.74) is 3.17. The second kappa shape index (κ2) is 19.0. The smallest absolute Gasteiger partial charge is 0.338 e. The van der Waals surface area contributed by atoms with Crippen LogP contribution in [0.3, 0.4) is 0 Å². The Labute approximate surface area is 369 Å². The van der Waals surface area contributed by atoms with E-state index in [2.05, 4.69) is 35.4 Å². The molecule has 0 bridgehead atoms. The van der Waals surface area contributed by atoms with Crippen LogP contribution >= 0.6 is 0 Å². The van der Waals surface area contributed by atoms with Gasteiger partial charge in [-0.05, 0) is 47.5 Å². The predicted molar refractivity (Wildman–Crippen MR) is 223 cm³/mol. The number of anilines is 1. The molecule has 0 aliphatic carbocycles. The van der Waals surface area contributed by atoms with Gasteiger partial charge in [0.05, 0.1) is 41.5 Å². The molecule has 3 atom stereocenters. The summed E-state index contributed by atoms with van der Waals surface area (Å²) >= 11 is 0. The number of aromatic carboxylic acids is 2. The van der Waals surface area contributed by atoms with Crippen molar-refractivity contribution in [1.29, 1.82) is 0 Å². The summed E-state index contributed by atoms with van der Waals surface area (Å²) in [7, 11) is -9.95. The Morgan fingerprint density at radius 1 is 0.758 bits per heavy atom. The minimum absolute atomic E-state index is 0.154. The van der Waals surface area contributed by atoms with E-state index >= 15 is 0 Å². The fourth-order valence-corrected chi connectivity index (χ4v) is 7.56. The lowest BCUT2D eigenvalue weighted by molar-refractivity contribution is -0.0351. The minimum Gasteiger partial charge on any atom is -0.508 e. The normalized spacial score (nSPS) is 16.6. The van der Waals surface area contributed by atoms with Crippen molar-refractivity contribution in [3.05, 3.63) is 95.6 Å². The summed E-state index contributed by atoms with van der Waals surface area (Å²) in [6.07, 6.45) is 2.43. The highest BCUT2D eigenvalue weighted by molar-refractivity contribution is 7.86. The molecule has 1 aliphatic rings. The topological polar surface area (TPSA) is 413 Å². The van der Waals surface area contributed by atoms with Gasteiger partial charge in [-0.15, -0.1) is 10.2 Å². The molecule has 1 aliphatic heterocycles. The number of rotatable bonds is 12. The number of nitrogen functional groups attached to an aromatic ring is 1. The number of benzene rings is 4. The zero-order valence-corrected chi connectivity index (χ0v) is 34.6. The molecular weight excluding hydrogens is 922 g/mol. The maximum absolute atomic E-state index is 13.9. The lowest BCUT2D eigenvalue weighted by Crippen LogP contribution is -2.16. The van der Waals surface area contributed by atoms with Gasteiger partial charge in [0.2, 0.25) is 0 Å². The summed E-state index contributed by atoms with van der Waals surface area (Å²) in [4.78, 5) is 33.3. The Balaban J connectivity index is 0.000000330. The standard InChI is InChI=1S/C28H20N4O14S2.C10H12FN5O2/c33-17-9-19(27(37)38)25(21(35)11-17)31-29-15-5-3-13(23(7-15)47(41,42)43)1-2-14-4-6-16(8-24(14)48(44,45)46)30-32-26-20(28(39)40)10-18(34)12-22(26)36;11-6-1-5(2-17)18-10(6)16-4-15-7-8(12)13-3-14-9(7)16/h1-12,33-36H,(H,37,38)(H,39,40)(H,41,42,43)(H,44,45,46);3-6,10,17H,1-2H2,(H2,12,13,14)/b2-1+,31-29?,32-30?;/t;5-,6-,10+/m.0/s1. The van der Waals surface area contributed by atoms with E-state index in [1.165, 1.54) is 29.4 Å². The molecule has 344 valence electrons. The first kappa shape index (κ1) is 47.5. The number of phenols is 4. The van der Waals surface area contributed by atoms with E-state index < -0.39 is 106 Å². The number of hydrogen-bond acceptors (Lipinski definition) is 20. The molecule has 0 saturated carbocycles. The number of alkyl halides is 1. The van der Waals surface area contributed by atoms with Crippen LogP contribution in [0.4, 0.5) is 33.0 Å². The molecule has 0 spiro atoms. The fourth-order valence-electron chi connectivity index (χ4n) is 6.15. The molecular formula is C38H32FN9O16S2. The van der Waals surface area contributed by atoms with Crippen molar-refractivity contribution < 1.29 is 80.4 Å². The molecule has 66 heavy (non-hydrogen) atoms. The van der Waals surface area contributed by atoms with Crippen LogP contribution in [0.5, 0.6) is 23.0 Å². The Morgan fingerprint density at radius 3 is 1.67 bits per heavy atom. The van der Waals surface area contributed by atoms with E-state index in [-0.39, 0.29) is 41.3 Å². The Morgan fingerprint density at radius 2 is 1.24 bits per heavy atom. The van der Waals surface area contributed by atoms with Crippen molar-refractivity contribution in [3.63, 3.8) is 0 Å². The average Bonchev–Trinajstić information content (AvgIpc) is 3.85. The van der Waals surface area contributed by atoms with Crippen LogP contribution in [0.1, 0.15) is 44.5 Å². The number of fused-ring (bicyclic) bond motifs is 1. The van der Waals surface area contributed by atoms with Gasteiger partial charge in [0, 0.05) is 18.6 Å². The Kier molecular flexibility index (Phi) is 13.7. The van der Waals surface area contributed by atoms with Crippen molar-refractivity contribution in [2.24, 2.45) is 20.5 Å². The first-order chi connectivity index (χ1) is 31.0. The van der Waals surface area contributed by atoms with E-state index in [0.717, 1.165) is 60.7 Å². The molecule has 4 aromatic carbocycles. The van der Waals surface area contributed by atoms with Gasteiger partial charge in [0.1, 0.15) is 62.2 Å². The highest BCUT2D eigenvalue weighted by Gasteiger charge is 2.37. The Bertz CT molecular complexity index is 3060. The van der Waals surface area contributed by atoms with Crippen molar-refractivity contribution in [3.8, 4) is 23.0 Å². The van der Waals surface area contributed by atoms with Crippen LogP contribution in [0.2, 0.25) is 0 Å². The number of aliphatic hydroxyl groups excluding tert-OH is 1. The number of ether oxygens (including phenoxy) is 1. The maximum atomic E-state index is 13.9. The second-order valence-electron chi connectivity index (χ2n) is 13.6. The fraction of sp³-hybridized carbons (Fsp3) is 0.132. The van der Waals surface area contributed by atoms with Gasteiger partial charge in [-0.1, -0.05) is 24.3 Å². The van der Waals surface area contributed by atoms with Crippen molar-refractivity contribution in [2.45, 2.75) is 34.7 Å². The van der Waals surface area contributed by atoms with Crippen LogP contribution in [0.15, 0.2) is 104 Å². The number of nitrogens with zero attached hydrogens (tertiary/aromatic N) is 8. The molecule has 1 saturated heterocycles. The van der Waals surface area contributed by atoms with E-state index in [0.29, 0.717) is 11.2 Å². The molecule has 2 aromatic heterocycles. The van der Waals surface area contributed by atoms with E-state index in [4.69, 9.17) is 15.6 Å². The van der Waals surface area contributed by atoms with Gasteiger partial charge in [-0.3, -0.25) is 13.7 Å². The quantitative estimate of drug-likeness (QED) is 0.0415. The molecule has 11 N–H and O–H groups in total. The number of carboxylic acid groups (broad SMARTS) is 2. The van der Waals surface area contributed by atoms with Crippen molar-refractivity contribution in [2.75, 3.05) is 12.3 Å². The summed E-state index contributed by atoms with van der Waals surface area (Å²) in [5.74, 6) is -5.56. The molecule has 3 heterocycles. The molecule has 7 rings (SSSR count). The molecule has 0 unspecified atom stereocenters. The van der Waals surface area contributed by atoms with Gasteiger partial charge in [-0.2, -0.15) is 27.1 Å². The van der Waals surface area contributed by atoms with E-state index in [9.17, 15) is 70.6 Å². The summed E-state index contributed by atoms with van der Waals surface area (Å²) in [6, 6.07) is 9.40. The summed E-state index contributed by atoms with van der Waals surface area (Å²) < 4.78 is 89.1. The van der Waals surface area contributed by atoms with Crippen molar-refractivity contribution in [1.82, 2.24) is 19.5 Å². The zero-order valence-electron chi connectivity index (χ0n) is 33.0. The number of phenolic OH excluding ortho intramolecular Hbond substituents is 4. The first-order valence-electron chi connectivity index (χ1n) is 18.2. The SMILES string of the molecule is Nc1ncnc2c1ncn2[C@@H]1O[C@H](CO)C[C@@H]1F.O=C(O)c1cc(O)cc(O)c1N=Nc1ccc(/C=C/c2ccc(N=Nc3c(O)cc(O)cc3C(=O)O)cc2S(=O)(=O)O)c(S(=O)(=O)O)c1. The van der Waals surface area contributed by atoms with Crippen LogP contribution < -0.4 is 5.73 Å². The van der Waals surface area contributed by atoms with Gasteiger partial charge in [0.15, 0.2) is 17.7 Å². The number of nitrogens with two attached hydrogens (primary N) is 1. The third-order valence-corrected chi connectivity index (χ3v) is 10.9. The number of azo groups is 2. The molecule has 25 nitrogen and oxygen atoms in total. The van der Waals surface area contributed by atoms with E-state index in [1.54, 1.807) is 0 Å². The summed E-state index contributed by atoms with van der Waals surface area (Å²) in [5, 5.41) is 81.3. The number of carbonyl (C=O) groups is 2. The number of aliphatic hydroxyl groups is 1. The number of halogens is 1. The minimum atomic E-state index is -4.98. The molecule has 28 heteroatoms.